The number of hydrogen-bond acceptors (Lipinski definition) is 3. The first-order chi connectivity index (χ1) is 8.36. The average molecular weight is 238 g/mol. The van der Waals surface area contributed by atoms with Crippen LogP contribution >= 0.6 is 0 Å². The van der Waals surface area contributed by atoms with Gasteiger partial charge in [0.05, 0.1) is 0 Å². The van der Waals surface area contributed by atoms with Crippen molar-refractivity contribution < 1.29 is 0 Å². The van der Waals surface area contributed by atoms with Gasteiger partial charge in [0, 0.05) is 26.7 Å². The summed E-state index contributed by atoms with van der Waals surface area (Å²) in [4.78, 5) is 4.14. The molecule has 1 heterocycles. The largest absolute Gasteiger partial charge is 0.356 e. The molecule has 17 heavy (non-hydrogen) atoms. The van der Waals surface area contributed by atoms with Crippen LogP contribution < -0.4 is 10.6 Å². The van der Waals surface area contributed by atoms with Crippen molar-refractivity contribution in [1.29, 1.82) is 0 Å². The van der Waals surface area contributed by atoms with E-state index in [-0.39, 0.29) is 0 Å². The van der Waals surface area contributed by atoms with Crippen LogP contribution in [0.3, 0.4) is 0 Å². The van der Waals surface area contributed by atoms with E-state index in [2.05, 4.69) is 32.7 Å². The summed E-state index contributed by atoms with van der Waals surface area (Å²) in [5.74, 6) is 0.885. The second kappa shape index (κ2) is 8.55. The van der Waals surface area contributed by atoms with Gasteiger partial charge in [-0.25, -0.2) is 0 Å². The van der Waals surface area contributed by atoms with Crippen LogP contribution in [0.5, 0.6) is 0 Å². The minimum atomic E-state index is 0.885. The number of aryl methyl sites for hydroxylation is 1. The fraction of sp³-hybridized carbons (Fsp3) is 0.727. The summed E-state index contributed by atoms with van der Waals surface area (Å²) in [6.07, 6.45) is 6.81. The normalized spacial score (nSPS) is 11.5. The predicted molar refractivity (Wildman–Crippen MR) is 68.9 cm³/mol. The van der Waals surface area contributed by atoms with Gasteiger partial charge < -0.3 is 15.2 Å². The molecule has 1 rings (SSSR count). The highest BCUT2D eigenvalue weighted by Gasteiger charge is 1.95. The fourth-order valence-electron chi connectivity index (χ4n) is 1.43. The number of hydrogen-bond donors (Lipinski definition) is 2. The topological polar surface area (TPSA) is 67.1 Å². The molecule has 0 atom stereocenters. The Morgan fingerprint density at radius 2 is 1.88 bits per heavy atom. The zero-order valence-electron chi connectivity index (χ0n) is 10.7. The molecule has 0 fully saturated rings. The third-order valence-corrected chi connectivity index (χ3v) is 2.37. The number of unbranched alkanes of at least 4 members (excludes halogenated alkanes) is 1. The van der Waals surface area contributed by atoms with Gasteiger partial charge in [-0.1, -0.05) is 6.92 Å². The highest BCUT2D eigenvalue weighted by molar-refractivity contribution is 5.79. The molecule has 2 N–H and O–H groups in total. The molecule has 0 unspecified atom stereocenters. The Bertz CT molecular complexity index is 306. The summed E-state index contributed by atoms with van der Waals surface area (Å²) in [5, 5.41) is 14.0. The number of nitrogens with one attached hydrogen (secondary N) is 2. The Hall–Kier alpha value is -1.59. The Morgan fingerprint density at radius 1 is 1.18 bits per heavy atom. The van der Waals surface area contributed by atoms with E-state index in [0.717, 1.165) is 44.9 Å². The first-order valence-corrected chi connectivity index (χ1v) is 6.13. The van der Waals surface area contributed by atoms with Crippen LogP contribution in [0.2, 0.25) is 0 Å². The standard InChI is InChI=1S/C11H22N6/c1-3-6-13-11(12-2)14-7-4-5-8-17-9-15-16-10-17/h9-10H,3-8H2,1-2H3,(H2,12,13,14). The van der Waals surface area contributed by atoms with Crippen LogP contribution in [0.25, 0.3) is 0 Å². The van der Waals surface area contributed by atoms with Gasteiger partial charge in [-0.3, -0.25) is 4.99 Å². The van der Waals surface area contributed by atoms with Gasteiger partial charge in [-0.05, 0) is 19.3 Å². The number of aromatic nitrogens is 3. The van der Waals surface area contributed by atoms with Crippen LogP contribution in [-0.2, 0) is 6.54 Å². The molecule has 0 radical (unpaired) electrons. The maximum absolute atomic E-state index is 4.14. The second-order valence-corrected chi connectivity index (χ2v) is 3.83. The minimum Gasteiger partial charge on any atom is -0.356 e. The summed E-state index contributed by atoms with van der Waals surface area (Å²) in [7, 11) is 1.79. The minimum absolute atomic E-state index is 0.885. The lowest BCUT2D eigenvalue weighted by atomic mass is 10.3. The highest BCUT2D eigenvalue weighted by atomic mass is 15.2. The van der Waals surface area contributed by atoms with Gasteiger partial charge in [0.15, 0.2) is 5.96 Å². The maximum atomic E-state index is 4.14. The molecular weight excluding hydrogens is 216 g/mol. The van der Waals surface area contributed by atoms with Crippen molar-refractivity contribution in [1.82, 2.24) is 25.4 Å². The molecule has 0 aliphatic rings. The first kappa shape index (κ1) is 13.5. The van der Waals surface area contributed by atoms with E-state index in [1.807, 2.05) is 4.57 Å². The van der Waals surface area contributed by atoms with Crippen molar-refractivity contribution in [3.05, 3.63) is 12.7 Å². The Balaban J connectivity index is 2.03. The van der Waals surface area contributed by atoms with Crippen LogP contribution in [0.15, 0.2) is 17.6 Å². The van der Waals surface area contributed by atoms with Gasteiger partial charge in [0.1, 0.15) is 12.7 Å². The quantitative estimate of drug-likeness (QED) is 0.415. The lowest BCUT2D eigenvalue weighted by Crippen LogP contribution is -2.38. The van der Waals surface area contributed by atoms with Gasteiger partial charge in [-0.15, -0.1) is 10.2 Å². The van der Waals surface area contributed by atoms with E-state index in [1.165, 1.54) is 0 Å². The third kappa shape index (κ3) is 5.89. The zero-order valence-corrected chi connectivity index (χ0v) is 10.7. The van der Waals surface area contributed by atoms with Gasteiger partial charge in [-0.2, -0.15) is 0 Å². The van der Waals surface area contributed by atoms with E-state index in [0.29, 0.717) is 0 Å². The molecule has 6 nitrogen and oxygen atoms in total. The van der Waals surface area contributed by atoms with Gasteiger partial charge in [0.25, 0.3) is 0 Å². The molecule has 0 spiro atoms. The monoisotopic (exact) mass is 238 g/mol. The molecule has 1 aromatic rings. The average Bonchev–Trinajstić information content (AvgIpc) is 2.85. The van der Waals surface area contributed by atoms with Crippen LogP contribution in [0, 0.1) is 0 Å². The van der Waals surface area contributed by atoms with Crippen molar-refractivity contribution in [2.45, 2.75) is 32.7 Å². The summed E-state index contributed by atoms with van der Waals surface area (Å²) in [6.45, 7) is 5.00. The molecule has 6 heteroatoms. The number of guanidine groups is 1. The summed E-state index contributed by atoms with van der Waals surface area (Å²) in [6, 6.07) is 0. The van der Waals surface area contributed by atoms with Crippen molar-refractivity contribution in [2.24, 2.45) is 4.99 Å². The summed E-state index contributed by atoms with van der Waals surface area (Å²) >= 11 is 0. The molecule has 1 aromatic heterocycles. The van der Waals surface area contributed by atoms with E-state index in [1.54, 1.807) is 19.7 Å². The van der Waals surface area contributed by atoms with E-state index in [4.69, 9.17) is 0 Å². The molecule has 0 aliphatic heterocycles. The molecule has 0 saturated carbocycles. The highest BCUT2D eigenvalue weighted by Crippen LogP contribution is 1.92. The Morgan fingerprint density at radius 3 is 2.53 bits per heavy atom. The molecular formula is C11H22N6. The van der Waals surface area contributed by atoms with Crippen LogP contribution in [0.1, 0.15) is 26.2 Å². The number of aliphatic imine (C=N–C) groups is 1. The fourth-order valence-corrected chi connectivity index (χ4v) is 1.43. The van der Waals surface area contributed by atoms with E-state index >= 15 is 0 Å². The Labute approximate surface area is 103 Å². The molecule has 0 amide bonds. The lowest BCUT2D eigenvalue weighted by Gasteiger charge is -2.10. The van der Waals surface area contributed by atoms with E-state index in [9.17, 15) is 0 Å². The summed E-state index contributed by atoms with van der Waals surface area (Å²) < 4.78 is 1.99. The molecule has 96 valence electrons. The van der Waals surface area contributed by atoms with E-state index < -0.39 is 0 Å². The molecule has 0 bridgehead atoms. The third-order valence-electron chi connectivity index (χ3n) is 2.37. The van der Waals surface area contributed by atoms with Crippen molar-refractivity contribution in [3.8, 4) is 0 Å². The molecule has 0 aromatic carbocycles. The van der Waals surface area contributed by atoms with Gasteiger partial charge in [0.2, 0.25) is 0 Å². The summed E-state index contributed by atoms with van der Waals surface area (Å²) in [5.41, 5.74) is 0. The van der Waals surface area contributed by atoms with Crippen molar-refractivity contribution >= 4 is 5.96 Å². The Kier molecular flexibility index (Phi) is 6.78. The SMILES string of the molecule is CCCNC(=NC)NCCCCn1cnnc1. The second-order valence-electron chi connectivity index (χ2n) is 3.83. The van der Waals surface area contributed by atoms with Gasteiger partial charge >= 0.3 is 0 Å². The first-order valence-electron chi connectivity index (χ1n) is 6.13. The molecule has 0 aliphatic carbocycles. The number of nitrogens with zero attached hydrogens (tertiary/aromatic N) is 4. The van der Waals surface area contributed by atoms with Crippen molar-refractivity contribution in [3.63, 3.8) is 0 Å². The zero-order chi connectivity index (χ0) is 12.3. The molecule has 0 saturated heterocycles. The van der Waals surface area contributed by atoms with Crippen molar-refractivity contribution in [2.75, 3.05) is 20.1 Å². The number of rotatable bonds is 7. The van der Waals surface area contributed by atoms with Crippen LogP contribution in [-0.4, -0.2) is 40.9 Å². The predicted octanol–water partition coefficient (Wildman–Crippen LogP) is 0.633. The smallest absolute Gasteiger partial charge is 0.190 e. The maximum Gasteiger partial charge on any atom is 0.190 e. The van der Waals surface area contributed by atoms with Crippen LogP contribution in [0.4, 0.5) is 0 Å². The lowest BCUT2D eigenvalue weighted by molar-refractivity contribution is 0.597.